The summed E-state index contributed by atoms with van der Waals surface area (Å²) in [7, 11) is 1.33. The van der Waals surface area contributed by atoms with Crippen LogP contribution in [0.4, 0.5) is 0 Å². The lowest BCUT2D eigenvalue weighted by molar-refractivity contribution is -0.145. The number of hydrogen-bond donors (Lipinski definition) is 1. The third-order valence-corrected chi connectivity index (χ3v) is 3.63. The standard InChI is InChI=1S/C17H20N2O4/c1-10(17(21)22-4)14(13-8-6-5-7-9-13)19-16(20)15-11(2)18-12(3)23-15/h5-10,14H,1-4H3,(H,19,20)/t10-,14+/m0/s1. The Bertz CT molecular complexity index is 694. The van der Waals surface area contributed by atoms with Crippen molar-refractivity contribution < 1.29 is 18.7 Å². The van der Waals surface area contributed by atoms with E-state index in [-0.39, 0.29) is 5.76 Å². The molecule has 0 spiro atoms. The van der Waals surface area contributed by atoms with Crippen molar-refractivity contribution in [1.29, 1.82) is 0 Å². The molecule has 0 bridgehead atoms. The first kappa shape index (κ1) is 16.7. The quantitative estimate of drug-likeness (QED) is 0.857. The highest BCUT2D eigenvalue weighted by Gasteiger charge is 2.29. The lowest BCUT2D eigenvalue weighted by atomic mass is 9.94. The van der Waals surface area contributed by atoms with Gasteiger partial charge in [0.25, 0.3) is 5.91 Å². The van der Waals surface area contributed by atoms with Crippen LogP contribution in [0.3, 0.4) is 0 Å². The SMILES string of the molecule is COC(=O)[C@@H](C)[C@@H](NC(=O)c1oc(C)nc1C)c1ccccc1. The number of rotatable bonds is 5. The van der Waals surface area contributed by atoms with Crippen LogP contribution < -0.4 is 5.32 Å². The lowest BCUT2D eigenvalue weighted by Gasteiger charge is -2.23. The molecular formula is C17H20N2O4. The molecule has 0 saturated carbocycles. The van der Waals surface area contributed by atoms with Gasteiger partial charge in [0.05, 0.1) is 24.8 Å². The highest BCUT2D eigenvalue weighted by atomic mass is 16.5. The van der Waals surface area contributed by atoms with Gasteiger partial charge in [-0.25, -0.2) is 4.98 Å². The van der Waals surface area contributed by atoms with Crippen molar-refractivity contribution in [2.75, 3.05) is 7.11 Å². The van der Waals surface area contributed by atoms with Crippen molar-refractivity contribution in [3.63, 3.8) is 0 Å². The summed E-state index contributed by atoms with van der Waals surface area (Å²) in [5.41, 5.74) is 1.32. The minimum atomic E-state index is -0.546. The highest BCUT2D eigenvalue weighted by Crippen LogP contribution is 2.24. The average Bonchev–Trinajstić information content (AvgIpc) is 2.90. The Morgan fingerprint density at radius 1 is 1.22 bits per heavy atom. The Labute approximate surface area is 134 Å². The number of amides is 1. The van der Waals surface area contributed by atoms with Crippen molar-refractivity contribution in [2.24, 2.45) is 5.92 Å². The van der Waals surface area contributed by atoms with Crippen LogP contribution in [0.15, 0.2) is 34.7 Å². The first-order valence-corrected chi connectivity index (χ1v) is 7.31. The molecule has 0 aliphatic rings. The van der Waals surface area contributed by atoms with Crippen LogP contribution in [0.5, 0.6) is 0 Å². The van der Waals surface area contributed by atoms with E-state index < -0.39 is 23.8 Å². The Balaban J connectivity index is 2.29. The molecule has 122 valence electrons. The number of ether oxygens (including phenoxy) is 1. The summed E-state index contributed by atoms with van der Waals surface area (Å²) in [6.07, 6.45) is 0. The molecule has 1 heterocycles. The minimum absolute atomic E-state index is 0.153. The van der Waals surface area contributed by atoms with Crippen molar-refractivity contribution in [2.45, 2.75) is 26.8 Å². The van der Waals surface area contributed by atoms with Gasteiger partial charge in [0, 0.05) is 6.92 Å². The van der Waals surface area contributed by atoms with Gasteiger partial charge in [0.15, 0.2) is 5.89 Å². The van der Waals surface area contributed by atoms with Crippen molar-refractivity contribution >= 4 is 11.9 Å². The zero-order chi connectivity index (χ0) is 17.0. The number of methoxy groups -OCH3 is 1. The second kappa shape index (κ2) is 7.09. The first-order valence-electron chi connectivity index (χ1n) is 7.31. The molecule has 6 heteroatoms. The normalized spacial score (nSPS) is 13.2. The van der Waals surface area contributed by atoms with Crippen LogP contribution in [-0.4, -0.2) is 24.0 Å². The van der Waals surface area contributed by atoms with E-state index in [1.54, 1.807) is 20.8 Å². The monoisotopic (exact) mass is 316 g/mol. The van der Waals surface area contributed by atoms with Gasteiger partial charge in [-0.3, -0.25) is 9.59 Å². The highest BCUT2D eigenvalue weighted by molar-refractivity contribution is 5.93. The number of nitrogens with zero attached hydrogens (tertiary/aromatic N) is 1. The zero-order valence-corrected chi connectivity index (χ0v) is 13.6. The topological polar surface area (TPSA) is 81.4 Å². The van der Waals surface area contributed by atoms with Crippen LogP contribution in [0.2, 0.25) is 0 Å². The second-order valence-electron chi connectivity index (χ2n) is 5.32. The van der Waals surface area contributed by atoms with Crippen LogP contribution in [-0.2, 0) is 9.53 Å². The number of benzene rings is 1. The van der Waals surface area contributed by atoms with Gasteiger partial charge in [-0.1, -0.05) is 30.3 Å². The third kappa shape index (κ3) is 3.77. The van der Waals surface area contributed by atoms with Gasteiger partial charge in [0.2, 0.25) is 5.76 Å². The molecule has 0 unspecified atom stereocenters. The fourth-order valence-corrected chi connectivity index (χ4v) is 2.43. The molecule has 23 heavy (non-hydrogen) atoms. The molecule has 1 amide bonds. The Hall–Kier alpha value is -2.63. The number of nitrogens with one attached hydrogen (secondary N) is 1. The molecule has 6 nitrogen and oxygen atoms in total. The maximum atomic E-state index is 12.5. The fraction of sp³-hybridized carbons (Fsp3) is 0.353. The van der Waals surface area contributed by atoms with E-state index in [4.69, 9.17) is 9.15 Å². The van der Waals surface area contributed by atoms with Crippen LogP contribution >= 0.6 is 0 Å². The number of hydrogen-bond acceptors (Lipinski definition) is 5. The molecule has 0 fully saturated rings. The van der Waals surface area contributed by atoms with E-state index in [1.807, 2.05) is 30.3 Å². The molecule has 0 saturated heterocycles. The number of oxazole rings is 1. The van der Waals surface area contributed by atoms with Gasteiger partial charge in [-0.05, 0) is 19.4 Å². The Kier molecular flexibility index (Phi) is 5.16. The van der Waals surface area contributed by atoms with Gasteiger partial charge in [-0.2, -0.15) is 0 Å². The number of aryl methyl sites for hydroxylation is 2. The summed E-state index contributed by atoms with van der Waals surface area (Å²) in [6.45, 7) is 5.09. The van der Waals surface area contributed by atoms with E-state index in [2.05, 4.69) is 10.3 Å². The van der Waals surface area contributed by atoms with Crippen LogP contribution in [0.25, 0.3) is 0 Å². The summed E-state index contributed by atoms with van der Waals surface area (Å²) in [6, 6.07) is 8.74. The third-order valence-electron chi connectivity index (χ3n) is 3.63. The first-order chi connectivity index (χ1) is 10.9. The molecule has 2 rings (SSSR count). The Morgan fingerprint density at radius 3 is 2.39 bits per heavy atom. The molecule has 0 aliphatic heterocycles. The average molecular weight is 316 g/mol. The van der Waals surface area contributed by atoms with E-state index in [0.29, 0.717) is 11.6 Å². The van der Waals surface area contributed by atoms with Crippen LogP contribution in [0, 0.1) is 19.8 Å². The van der Waals surface area contributed by atoms with E-state index >= 15 is 0 Å². The van der Waals surface area contributed by atoms with E-state index in [9.17, 15) is 9.59 Å². The van der Waals surface area contributed by atoms with Gasteiger partial charge in [-0.15, -0.1) is 0 Å². The van der Waals surface area contributed by atoms with Gasteiger partial charge in [0.1, 0.15) is 0 Å². The maximum Gasteiger partial charge on any atom is 0.310 e. The predicted octanol–water partition coefficient (Wildman–Crippen LogP) is 2.57. The summed E-state index contributed by atoms with van der Waals surface area (Å²) < 4.78 is 10.1. The summed E-state index contributed by atoms with van der Waals surface area (Å²) in [5.74, 6) is -0.779. The molecule has 2 atom stereocenters. The fourth-order valence-electron chi connectivity index (χ4n) is 2.43. The van der Waals surface area contributed by atoms with Crippen LogP contribution in [0.1, 0.15) is 40.7 Å². The zero-order valence-electron chi connectivity index (χ0n) is 13.6. The summed E-state index contributed by atoms with van der Waals surface area (Å²) in [5, 5.41) is 2.85. The Morgan fingerprint density at radius 2 is 1.87 bits per heavy atom. The maximum absolute atomic E-state index is 12.5. The molecule has 0 aliphatic carbocycles. The molecule has 1 aromatic carbocycles. The molecular weight excluding hydrogens is 296 g/mol. The smallest absolute Gasteiger partial charge is 0.310 e. The molecule has 1 aromatic heterocycles. The second-order valence-corrected chi connectivity index (χ2v) is 5.32. The lowest BCUT2D eigenvalue weighted by Crippen LogP contribution is -2.36. The molecule has 2 aromatic rings. The predicted molar refractivity (Wildman–Crippen MR) is 83.8 cm³/mol. The van der Waals surface area contributed by atoms with Crippen molar-refractivity contribution in [1.82, 2.24) is 10.3 Å². The summed E-state index contributed by atoms with van der Waals surface area (Å²) in [4.78, 5) is 28.5. The van der Waals surface area contributed by atoms with Crippen molar-refractivity contribution in [3.05, 3.63) is 53.2 Å². The van der Waals surface area contributed by atoms with E-state index in [1.165, 1.54) is 7.11 Å². The molecule has 1 N–H and O–H groups in total. The largest absolute Gasteiger partial charge is 0.469 e. The number of aromatic nitrogens is 1. The minimum Gasteiger partial charge on any atom is -0.469 e. The van der Waals surface area contributed by atoms with Crippen molar-refractivity contribution in [3.8, 4) is 0 Å². The van der Waals surface area contributed by atoms with Gasteiger partial charge >= 0.3 is 5.97 Å². The van der Waals surface area contributed by atoms with E-state index in [0.717, 1.165) is 5.56 Å². The van der Waals surface area contributed by atoms with Gasteiger partial charge < -0.3 is 14.5 Å². The molecule has 0 radical (unpaired) electrons. The number of carbonyl (C=O) groups is 2. The summed E-state index contributed by atoms with van der Waals surface area (Å²) >= 11 is 0. The number of esters is 1. The number of carbonyl (C=O) groups excluding carboxylic acids is 2.